The summed E-state index contributed by atoms with van der Waals surface area (Å²) in [6, 6.07) is 5.94. The number of benzene rings is 1. The van der Waals surface area contributed by atoms with E-state index in [1.165, 1.54) is 38.5 Å². The molecule has 0 aromatic heterocycles. The van der Waals surface area contributed by atoms with E-state index in [1.807, 2.05) is 23.1 Å². The number of hydrogen-bond acceptors (Lipinski definition) is 3. The van der Waals surface area contributed by atoms with Crippen molar-refractivity contribution in [2.75, 3.05) is 24.7 Å². The van der Waals surface area contributed by atoms with Crippen molar-refractivity contribution < 1.29 is 14.3 Å². The first kappa shape index (κ1) is 19.8. The normalized spacial score (nSPS) is 18.5. The predicted octanol–water partition coefficient (Wildman–Crippen LogP) is 5.53. The van der Waals surface area contributed by atoms with Gasteiger partial charge in [0.05, 0.1) is 18.9 Å². The van der Waals surface area contributed by atoms with Gasteiger partial charge in [0.2, 0.25) is 0 Å². The number of hydrogen-bond donors (Lipinski definition) is 0. The number of carbonyl (C=O) groups excluding carboxylic acids is 1. The van der Waals surface area contributed by atoms with Gasteiger partial charge in [0.25, 0.3) is 11.7 Å². The number of rotatable bonds is 9. The molecule has 0 unspecified atom stereocenters. The molecule has 2 aliphatic heterocycles. The maximum absolute atomic E-state index is 13.1. The summed E-state index contributed by atoms with van der Waals surface area (Å²) >= 11 is 3.51. The smallest absolute Gasteiger partial charge is 0.292 e. The van der Waals surface area contributed by atoms with Crippen molar-refractivity contribution in [3.8, 4) is 0 Å². The average molecular weight is 424 g/mol. The first-order valence-corrected chi connectivity index (χ1v) is 10.9. The van der Waals surface area contributed by atoms with Gasteiger partial charge in [0.1, 0.15) is 0 Å². The standard InChI is InChI=1S/C21H30BrNO3/c1-2-3-4-5-6-7-8-9-13-23-19-12-11-17(22)16-18(19)21(20(23)24)25-14-10-15-26-21/h11-12,16H,2-10,13-15H2,1H3. The fourth-order valence-electron chi connectivity index (χ4n) is 3.85. The van der Waals surface area contributed by atoms with Crippen molar-refractivity contribution in [2.45, 2.75) is 70.5 Å². The summed E-state index contributed by atoms with van der Waals surface area (Å²) in [7, 11) is 0. The van der Waals surface area contributed by atoms with E-state index in [4.69, 9.17) is 9.47 Å². The summed E-state index contributed by atoms with van der Waals surface area (Å²) < 4.78 is 12.7. The molecule has 0 atom stereocenters. The summed E-state index contributed by atoms with van der Waals surface area (Å²) in [5.74, 6) is -1.29. The van der Waals surface area contributed by atoms with E-state index in [9.17, 15) is 4.79 Å². The average Bonchev–Trinajstić information content (AvgIpc) is 2.87. The molecule has 0 saturated carbocycles. The van der Waals surface area contributed by atoms with Crippen LogP contribution in [0.25, 0.3) is 0 Å². The molecule has 1 saturated heterocycles. The van der Waals surface area contributed by atoms with Crippen LogP contribution in [0.2, 0.25) is 0 Å². The van der Waals surface area contributed by atoms with Gasteiger partial charge in [0, 0.05) is 16.6 Å². The number of anilines is 1. The van der Waals surface area contributed by atoms with Gasteiger partial charge in [-0.1, -0.05) is 67.8 Å². The third-order valence-corrected chi connectivity index (χ3v) is 5.76. The van der Waals surface area contributed by atoms with E-state index in [1.54, 1.807) is 0 Å². The number of unbranched alkanes of at least 4 members (excludes halogenated alkanes) is 7. The minimum Gasteiger partial charge on any atom is -0.338 e. The Balaban J connectivity index is 1.59. The fraction of sp³-hybridized carbons (Fsp3) is 0.667. The van der Waals surface area contributed by atoms with Crippen LogP contribution in [0.1, 0.15) is 70.3 Å². The number of ether oxygens (including phenoxy) is 2. The Hall–Kier alpha value is -0.910. The summed E-state index contributed by atoms with van der Waals surface area (Å²) in [6.07, 6.45) is 10.9. The highest BCUT2D eigenvalue weighted by atomic mass is 79.9. The van der Waals surface area contributed by atoms with Crippen LogP contribution >= 0.6 is 15.9 Å². The van der Waals surface area contributed by atoms with Gasteiger partial charge in [-0.3, -0.25) is 4.79 Å². The van der Waals surface area contributed by atoms with E-state index in [2.05, 4.69) is 22.9 Å². The van der Waals surface area contributed by atoms with Crippen LogP contribution in [0.15, 0.2) is 22.7 Å². The number of halogens is 1. The summed E-state index contributed by atoms with van der Waals surface area (Å²) in [6.45, 7) is 4.10. The molecular weight excluding hydrogens is 394 g/mol. The monoisotopic (exact) mass is 423 g/mol. The van der Waals surface area contributed by atoms with Gasteiger partial charge in [-0.2, -0.15) is 0 Å². The van der Waals surface area contributed by atoms with Gasteiger partial charge < -0.3 is 14.4 Å². The Morgan fingerprint density at radius 1 is 1.04 bits per heavy atom. The zero-order valence-electron chi connectivity index (χ0n) is 15.8. The highest BCUT2D eigenvalue weighted by Gasteiger charge is 2.54. The largest absolute Gasteiger partial charge is 0.338 e. The van der Waals surface area contributed by atoms with Gasteiger partial charge in [0.15, 0.2) is 0 Å². The lowest BCUT2D eigenvalue weighted by molar-refractivity contribution is -0.256. The second-order valence-corrected chi connectivity index (χ2v) is 8.18. The lowest BCUT2D eigenvalue weighted by Crippen LogP contribution is -2.47. The molecule has 3 rings (SSSR count). The fourth-order valence-corrected chi connectivity index (χ4v) is 4.21. The maximum Gasteiger partial charge on any atom is 0.292 e. The highest BCUT2D eigenvalue weighted by molar-refractivity contribution is 9.10. The Kier molecular flexibility index (Phi) is 7.12. The van der Waals surface area contributed by atoms with E-state index in [0.29, 0.717) is 13.2 Å². The van der Waals surface area contributed by atoms with Crippen molar-refractivity contribution in [3.05, 3.63) is 28.2 Å². The quantitative estimate of drug-likeness (QED) is 0.490. The lowest BCUT2D eigenvalue weighted by Gasteiger charge is -2.32. The number of amides is 1. The molecule has 2 aliphatic rings. The molecule has 0 radical (unpaired) electrons. The molecule has 26 heavy (non-hydrogen) atoms. The Labute approximate surface area is 165 Å². The lowest BCUT2D eigenvalue weighted by atomic mass is 10.1. The molecule has 0 aliphatic carbocycles. The molecule has 2 heterocycles. The van der Waals surface area contributed by atoms with E-state index >= 15 is 0 Å². The Bertz CT molecular complexity index is 613. The van der Waals surface area contributed by atoms with Crippen LogP contribution in [0.4, 0.5) is 5.69 Å². The van der Waals surface area contributed by atoms with Crippen LogP contribution < -0.4 is 4.90 Å². The second kappa shape index (κ2) is 9.34. The predicted molar refractivity (Wildman–Crippen MR) is 107 cm³/mol. The third-order valence-electron chi connectivity index (χ3n) is 5.27. The molecular formula is C21H30BrNO3. The van der Waals surface area contributed by atoms with E-state index < -0.39 is 5.79 Å². The minimum atomic E-state index is -1.22. The summed E-state index contributed by atoms with van der Waals surface area (Å²) in [4.78, 5) is 15.0. The van der Waals surface area contributed by atoms with Crippen LogP contribution in [0.3, 0.4) is 0 Å². The second-order valence-electron chi connectivity index (χ2n) is 7.26. The van der Waals surface area contributed by atoms with Crippen LogP contribution in [-0.2, 0) is 20.1 Å². The number of fused-ring (bicyclic) bond motifs is 2. The zero-order chi connectivity index (χ0) is 18.4. The minimum absolute atomic E-state index is 0.0618. The molecule has 0 bridgehead atoms. The van der Waals surface area contributed by atoms with Crippen molar-refractivity contribution >= 4 is 27.5 Å². The number of nitrogens with zero attached hydrogens (tertiary/aromatic N) is 1. The number of carbonyl (C=O) groups is 1. The van der Waals surface area contributed by atoms with Gasteiger partial charge in [-0.05, 0) is 31.0 Å². The Morgan fingerprint density at radius 2 is 1.69 bits per heavy atom. The summed E-state index contributed by atoms with van der Waals surface area (Å²) in [5.41, 5.74) is 1.78. The molecule has 1 fully saturated rings. The van der Waals surface area contributed by atoms with Crippen molar-refractivity contribution in [1.29, 1.82) is 0 Å². The summed E-state index contributed by atoms with van der Waals surface area (Å²) in [5, 5.41) is 0. The van der Waals surface area contributed by atoms with Crippen molar-refractivity contribution in [3.63, 3.8) is 0 Å². The van der Waals surface area contributed by atoms with Gasteiger partial charge >= 0.3 is 0 Å². The van der Waals surface area contributed by atoms with E-state index in [-0.39, 0.29) is 5.91 Å². The molecule has 1 amide bonds. The molecule has 1 spiro atoms. The van der Waals surface area contributed by atoms with E-state index in [0.717, 1.165) is 41.5 Å². The van der Waals surface area contributed by atoms with Gasteiger partial charge in [-0.25, -0.2) is 0 Å². The van der Waals surface area contributed by atoms with Crippen molar-refractivity contribution in [2.24, 2.45) is 0 Å². The third kappa shape index (κ3) is 4.15. The molecule has 0 N–H and O–H groups in total. The van der Waals surface area contributed by atoms with Gasteiger partial charge in [-0.15, -0.1) is 0 Å². The topological polar surface area (TPSA) is 38.8 Å². The molecule has 1 aromatic rings. The Morgan fingerprint density at radius 3 is 2.38 bits per heavy atom. The molecule has 144 valence electrons. The SMILES string of the molecule is CCCCCCCCCCN1C(=O)C2(OCCCO2)c2cc(Br)ccc21. The maximum atomic E-state index is 13.1. The first-order chi connectivity index (χ1) is 12.7. The highest BCUT2D eigenvalue weighted by Crippen LogP contribution is 2.46. The zero-order valence-corrected chi connectivity index (χ0v) is 17.4. The molecule has 5 heteroatoms. The molecule has 1 aromatic carbocycles. The first-order valence-electron chi connectivity index (χ1n) is 10.1. The molecule has 4 nitrogen and oxygen atoms in total. The van der Waals surface area contributed by atoms with Crippen molar-refractivity contribution in [1.82, 2.24) is 0 Å². The van der Waals surface area contributed by atoms with Crippen LogP contribution in [0, 0.1) is 0 Å². The van der Waals surface area contributed by atoms with Crippen LogP contribution in [0.5, 0.6) is 0 Å². The van der Waals surface area contributed by atoms with Crippen LogP contribution in [-0.4, -0.2) is 25.7 Å².